The lowest BCUT2D eigenvalue weighted by atomic mass is 9.93. The molecule has 0 saturated carbocycles. The molecular formula is C30H42N2Si. The van der Waals surface area contributed by atoms with Crippen molar-refractivity contribution in [3.05, 3.63) is 89.0 Å². The zero-order valence-electron chi connectivity index (χ0n) is 21.7. The molecule has 0 aliphatic heterocycles. The first-order valence-corrected chi connectivity index (χ1v) is 14.3. The molecule has 0 radical (unpaired) electrons. The van der Waals surface area contributed by atoms with Crippen LogP contribution in [-0.4, -0.2) is 9.12 Å². The fourth-order valence-corrected chi connectivity index (χ4v) is 6.83. The summed E-state index contributed by atoms with van der Waals surface area (Å²) in [5.41, 5.74) is 8.25. The fourth-order valence-electron chi connectivity index (χ4n) is 4.57. The molecule has 3 rings (SSSR count). The summed E-state index contributed by atoms with van der Waals surface area (Å²) in [6.07, 6.45) is 0. The lowest BCUT2D eigenvalue weighted by Gasteiger charge is -2.29. The van der Waals surface area contributed by atoms with E-state index in [1.807, 2.05) is 0 Å². The first kappa shape index (κ1) is 25.1. The maximum Gasteiger partial charge on any atom is 0.276 e. The van der Waals surface area contributed by atoms with E-state index in [1.54, 1.807) is 0 Å². The highest BCUT2D eigenvalue weighted by Crippen LogP contribution is 2.35. The topological polar surface area (TPSA) is 24.1 Å². The van der Waals surface area contributed by atoms with Gasteiger partial charge in [-0.1, -0.05) is 122 Å². The second-order valence-corrected chi connectivity index (χ2v) is 12.5. The Kier molecular flexibility index (Phi) is 8.42. The van der Waals surface area contributed by atoms with Crippen LogP contribution in [0, 0.1) is 0 Å². The summed E-state index contributed by atoms with van der Waals surface area (Å²) in [4.78, 5) is 8.21. The average Bonchev–Trinajstić information content (AvgIpc) is 2.78. The Balaban J connectivity index is 2.15. The van der Waals surface area contributed by atoms with Crippen LogP contribution in [0.2, 0.25) is 0 Å². The summed E-state index contributed by atoms with van der Waals surface area (Å²) in [5, 5.41) is 1.37. The maximum absolute atomic E-state index is 4.10. The first-order chi connectivity index (χ1) is 15.7. The van der Waals surface area contributed by atoms with E-state index >= 15 is 0 Å². The lowest BCUT2D eigenvalue weighted by molar-refractivity contribution is 0.838. The largest absolute Gasteiger partial charge is 0.393 e. The van der Waals surface area contributed by atoms with Gasteiger partial charge >= 0.3 is 0 Å². The quantitative estimate of drug-likeness (QED) is 0.319. The van der Waals surface area contributed by atoms with Crippen LogP contribution in [0.4, 0.5) is 11.4 Å². The number of benzene rings is 3. The number of hydrogen-bond acceptors (Lipinski definition) is 2. The summed E-state index contributed by atoms with van der Waals surface area (Å²) >= 11 is 0. The summed E-state index contributed by atoms with van der Waals surface area (Å²) in [6.45, 7) is 18.3. The van der Waals surface area contributed by atoms with Crippen LogP contribution >= 0.6 is 0 Å². The minimum atomic E-state index is -1.82. The van der Waals surface area contributed by atoms with Crippen LogP contribution in [0.3, 0.4) is 0 Å². The second-order valence-electron chi connectivity index (χ2n) is 10.4. The van der Waals surface area contributed by atoms with Crippen LogP contribution in [0.5, 0.6) is 0 Å². The van der Waals surface area contributed by atoms with Crippen molar-refractivity contribution in [3.8, 4) is 0 Å². The normalized spacial score (nSPS) is 11.8. The summed E-state index contributed by atoms with van der Waals surface area (Å²) in [6, 6.07) is 24.6. The van der Waals surface area contributed by atoms with Gasteiger partial charge in [-0.2, -0.15) is 0 Å². The third-order valence-electron chi connectivity index (χ3n) is 6.46. The first-order valence-electron chi connectivity index (χ1n) is 12.5. The molecule has 176 valence electrons. The number of para-hydroxylation sites is 2. The third kappa shape index (κ3) is 5.89. The van der Waals surface area contributed by atoms with Crippen LogP contribution in [0.25, 0.3) is 0 Å². The summed E-state index contributed by atoms with van der Waals surface area (Å²) < 4.78 is 0. The molecule has 0 amide bonds. The monoisotopic (exact) mass is 458 g/mol. The minimum absolute atomic E-state index is 0.464. The van der Waals surface area contributed by atoms with E-state index in [0.29, 0.717) is 23.7 Å². The van der Waals surface area contributed by atoms with Crippen molar-refractivity contribution in [2.24, 2.45) is 0 Å². The molecule has 0 aliphatic carbocycles. The van der Waals surface area contributed by atoms with Crippen molar-refractivity contribution >= 4 is 25.7 Å². The van der Waals surface area contributed by atoms with E-state index in [2.05, 4.69) is 132 Å². The Morgan fingerprint density at radius 1 is 0.455 bits per heavy atom. The lowest BCUT2D eigenvalue weighted by Crippen LogP contribution is -2.47. The Bertz CT molecular complexity index is 920. The van der Waals surface area contributed by atoms with E-state index in [1.165, 1.54) is 38.8 Å². The molecule has 3 aromatic rings. The molecule has 0 saturated heterocycles. The van der Waals surface area contributed by atoms with E-state index in [0.717, 1.165) is 0 Å². The second kappa shape index (κ2) is 11.1. The van der Waals surface area contributed by atoms with Gasteiger partial charge in [0.05, 0.1) is 0 Å². The molecule has 0 heterocycles. The van der Waals surface area contributed by atoms with E-state index in [4.69, 9.17) is 0 Å². The summed E-state index contributed by atoms with van der Waals surface area (Å²) in [7, 11) is -1.82. The molecule has 0 bridgehead atoms. The summed E-state index contributed by atoms with van der Waals surface area (Å²) in [5.74, 6) is 1.85. The van der Waals surface area contributed by atoms with Crippen molar-refractivity contribution in [1.29, 1.82) is 0 Å². The third-order valence-corrected chi connectivity index (χ3v) is 8.66. The smallest absolute Gasteiger partial charge is 0.276 e. The number of anilines is 2. The molecule has 2 N–H and O–H groups in total. The van der Waals surface area contributed by atoms with Gasteiger partial charge in [-0.15, -0.1) is 0 Å². The van der Waals surface area contributed by atoms with Gasteiger partial charge in [-0.3, -0.25) is 0 Å². The number of hydrogen-bond donors (Lipinski definition) is 2. The standard InChI is InChI=1S/C30H42N2Si/c1-20(2)25-16-12-17-26(21(3)4)29(25)31-33(24-14-10-9-11-15-24)32-30-27(22(5)6)18-13-19-28(30)23(7)8/h9-23,31-33H,1-8H3. The van der Waals surface area contributed by atoms with Crippen LogP contribution < -0.4 is 15.2 Å². The molecule has 0 aliphatic rings. The van der Waals surface area contributed by atoms with Crippen molar-refractivity contribution in [3.63, 3.8) is 0 Å². The van der Waals surface area contributed by atoms with Crippen molar-refractivity contribution in [2.75, 3.05) is 9.96 Å². The molecular weight excluding hydrogens is 416 g/mol. The van der Waals surface area contributed by atoms with Crippen molar-refractivity contribution < 1.29 is 0 Å². The Morgan fingerprint density at radius 3 is 1.09 bits per heavy atom. The van der Waals surface area contributed by atoms with Crippen LogP contribution in [0.15, 0.2) is 66.7 Å². The number of nitrogens with one attached hydrogen (secondary N) is 2. The average molecular weight is 459 g/mol. The molecule has 0 atom stereocenters. The molecule has 0 aromatic heterocycles. The van der Waals surface area contributed by atoms with Crippen molar-refractivity contribution in [1.82, 2.24) is 0 Å². The Morgan fingerprint density at radius 2 is 0.788 bits per heavy atom. The SMILES string of the molecule is CC(C)c1cccc(C(C)C)c1N[SiH](Nc1c(C(C)C)cccc1C(C)C)c1ccccc1. The maximum atomic E-state index is 4.10. The minimum Gasteiger partial charge on any atom is -0.393 e. The van der Waals surface area contributed by atoms with E-state index in [9.17, 15) is 0 Å². The molecule has 0 unspecified atom stereocenters. The highest BCUT2D eigenvalue weighted by molar-refractivity contribution is 6.79. The van der Waals surface area contributed by atoms with E-state index in [-0.39, 0.29) is 0 Å². The Labute approximate surface area is 203 Å². The molecule has 2 nitrogen and oxygen atoms in total. The van der Waals surface area contributed by atoms with Crippen molar-refractivity contribution in [2.45, 2.75) is 79.1 Å². The highest BCUT2D eigenvalue weighted by Gasteiger charge is 2.23. The van der Waals surface area contributed by atoms with Crippen LogP contribution in [0.1, 0.15) is 101 Å². The Hall–Kier alpha value is -2.52. The van der Waals surface area contributed by atoms with Gasteiger partial charge in [-0.25, -0.2) is 0 Å². The van der Waals surface area contributed by atoms with Gasteiger partial charge in [0.25, 0.3) is 9.12 Å². The number of rotatable bonds is 9. The van der Waals surface area contributed by atoms with Gasteiger partial charge in [0.1, 0.15) is 0 Å². The van der Waals surface area contributed by atoms with Gasteiger partial charge in [0, 0.05) is 11.4 Å². The molecule has 3 heteroatoms. The van der Waals surface area contributed by atoms with E-state index < -0.39 is 9.12 Å². The zero-order valence-corrected chi connectivity index (χ0v) is 22.9. The predicted octanol–water partition coefficient (Wildman–Crippen LogP) is 7.83. The molecule has 0 fully saturated rings. The molecule has 33 heavy (non-hydrogen) atoms. The van der Waals surface area contributed by atoms with Crippen LogP contribution in [-0.2, 0) is 0 Å². The van der Waals surface area contributed by atoms with Gasteiger partial charge in [0.15, 0.2) is 0 Å². The fraction of sp³-hybridized carbons (Fsp3) is 0.400. The van der Waals surface area contributed by atoms with Gasteiger partial charge in [-0.05, 0) is 51.1 Å². The molecule has 3 aromatic carbocycles. The highest BCUT2D eigenvalue weighted by atomic mass is 28.3. The zero-order chi connectivity index (χ0) is 24.1. The predicted molar refractivity (Wildman–Crippen MR) is 150 cm³/mol. The van der Waals surface area contributed by atoms with Gasteiger partial charge in [0.2, 0.25) is 0 Å². The molecule has 0 spiro atoms. The van der Waals surface area contributed by atoms with Gasteiger partial charge < -0.3 is 9.96 Å².